The van der Waals surface area contributed by atoms with Gasteiger partial charge in [-0.15, -0.1) is 0 Å². The van der Waals surface area contributed by atoms with E-state index < -0.39 is 0 Å². The molecule has 1 heterocycles. The summed E-state index contributed by atoms with van der Waals surface area (Å²) >= 11 is 0. The van der Waals surface area contributed by atoms with E-state index in [2.05, 4.69) is 10.4 Å². The van der Waals surface area contributed by atoms with Gasteiger partial charge in [-0.05, 0) is 25.7 Å². The molecule has 0 aromatic rings. The Balaban J connectivity index is 1.72. The van der Waals surface area contributed by atoms with Crippen molar-refractivity contribution in [2.45, 2.75) is 38.5 Å². The van der Waals surface area contributed by atoms with Crippen molar-refractivity contribution in [3.63, 3.8) is 0 Å². The number of amides is 1. The van der Waals surface area contributed by atoms with E-state index in [1.165, 1.54) is 25.7 Å². The summed E-state index contributed by atoms with van der Waals surface area (Å²) in [4.78, 5) is 11.5. The summed E-state index contributed by atoms with van der Waals surface area (Å²) in [7, 11) is 0. The highest BCUT2D eigenvalue weighted by molar-refractivity contribution is 5.78. The van der Waals surface area contributed by atoms with Crippen LogP contribution in [0.25, 0.3) is 0 Å². The first-order valence-electron chi connectivity index (χ1n) is 5.42. The topological polar surface area (TPSA) is 32.3 Å². The molecule has 0 bridgehead atoms. The number of piperidine rings is 1. The average Bonchev–Trinajstić information content (AvgIpc) is 2.02. The summed E-state index contributed by atoms with van der Waals surface area (Å²) < 4.78 is 0. The van der Waals surface area contributed by atoms with Gasteiger partial charge >= 0.3 is 0 Å². The van der Waals surface area contributed by atoms with Crippen molar-refractivity contribution in [2.75, 3.05) is 13.1 Å². The van der Waals surface area contributed by atoms with E-state index in [1.807, 2.05) is 0 Å². The molecule has 0 atom stereocenters. The summed E-state index contributed by atoms with van der Waals surface area (Å²) in [6, 6.07) is 0. The van der Waals surface area contributed by atoms with Gasteiger partial charge in [-0.25, -0.2) is 5.01 Å². The smallest absolute Gasteiger partial charge is 0.237 e. The van der Waals surface area contributed by atoms with Crippen LogP contribution in [0.4, 0.5) is 0 Å². The molecule has 0 aromatic carbocycles. The van der Waals surface area contributed by atoms with Crippen LogP contribution in [-0.2, 0) is 4.79 Å². The third-order valence-corrected chi connectivity index (χ3v) is 3.10. The third-order valence-electron chi connectivity index (χ3n) is 3.10. The van der Waals surface area contributed by atoms with Crippen LogP contribution in [0, 0.1) is 5.92 Å². The number of carbonyl (C=O) groups excluding carboxylic acids is 1. The molecule has 3 heteroatoms. The van der Waals surface area contributed by atoms with E-state index in [4.69, 9.17) is 0 Å². The number of nitrogens with zero attached hydrogens (tertiary/aromatic N) is 1. The minimum absolute atomic E-state index is 0.258. The zero-order chi connectivity index (χ0) is 9.10. The van der Waals surface area contributed by atoms with E-state index in [0.717, 1.165) is 25.9 Å². The summed E-state index contributed by atoms with van der Waals surface area (Å²) in [6.07, 6.45) is 7.20. The van der Waals surface area contributed by atoms with E-state index in [0.29, 0.717) is 5.92 Å². The molecule has 0 radical (unpaired) electrons. The summed E-state index contributed by atoms with van der Waals surface area (Å²) in [5.41, 5.74) is 3.02. The van der Waals surface area contributed by atoms with Crippen molar-refractivity contribution in [3.05, 3.63) is 0 Å². The zero-order valence-corrected chi connectivity index (χ0v) is 8.09. The standard InChI is InChI=1S/C10H18N2O/c13-10(9-5-4-6-9)11-12-7-2-1-3-8-12/h9H,1-8H2,(H,11,13). The van der Waals surface area contributed by atoms with E-state index in [9.17, 15) is 4.79 Å². The molecule has 3 nitrogen and oxygen atoms in total. The lowest BCUT2D eigenvalue weighted by Crippen LogP contribution is -2.48. The van der Waals surface area contributed by atoms with Crippen LogP contribution in [-0.4, -0.2) is 24.0 Å². The Kier molecular flexibility index (Phi) is 2.83. The lowest BCUT2D eigenvalue weighted by Gasteiger charge is -2.31. The molecule has 1 aliphatic heterocycles. The maximum atomic E-state index is 11.5. The maximum Gasteiger partial charge on any atom is 0.237 e. The SMILES string of the molecule is O=C(NN1CCCCC1)C1CCC1. The minimum atomic E-state index is 0.258. The predicted octanol–water partition coefficient (Wildman–Crippen LogP) is 1.30. The molecular weight excluding hydrogens is 164 g/mol. The molecule has 1 aliphatic carbocycles. The van der Waals surface area contributed by atoms with Gasteiger partial charge in [0.2, 0.25) is 5.91 Å². The van der Waals surface area contributed by atoms with Crippen molar-refractivity contribution in [1.82, 2.24) is 10.4 Å². The molecule has 13 heavy (non-hydrogen) atoms. The normalized spacial score (nSPS) is 25.2. The number of hydrazine groups is 1. The number of hydrogen-bond acceptors (Lipinski definition) is 2. The number of carbonyl (C=O) groups is 1. The summed E-state index contributed by atoms with van der Waals surface area (Å²) in [5, 5.41) is 2.09. The lowest BCUT2D eigenvalue weighted by molar-refractivity contribution is -0.132. The van der Waals surface area contributed by atoms with Gasteiger partial charge in [0, 0.05) is 19.0 Å². The van der Waals surface area contributed by atoms with Crippen LogP contribution in [0.1, 0.15) is 38.5 Å². The van der Waals surface area contributed by atoms with Crippen molar-refractivity contribution in [1.29, 1.82) is 0 Å². The third kappa shape index (κ3) is 2.21. The van der Waals surface area contributed by atoms with Gasteiger partial charge < -0.3 is 0 Å². The van der Waals surface area contributed by atoms with Crippen LogP contribution < -0.4 is 5.43 Å². The van der Waals surface area contributed by atoms with Crippen molar-refractivity contribution in [3.8, 4) is 0 Å². The largest absolute Gasteiger partial charge is 0.289 e. The minimum Gasteiger partial charge on any atom is -0.289 e. The predicted molar refractivity (Wildman–Crippen MR) is 50.9 cm³/mol. The van der Waals surface area contributed by atoms with Gasteiger partial charge in [0.05, 0.1) is 0 Å². The Hall–Kier alpha value is -0.570. The van der Waals surface area contributed by atoms with Gasteiger partial charge in [0.1, 0.15) is 0 Å². The first-order chi connectivity index (χ1) is 6.36. The van der Waals surface area contributed by atoms with Crippen LogP contribution in [0.3, 0.4) is 0 Å². The average molecular weight is 182 g/mol. The quantitative estimate of drug-likeness (QED) is 0.698. The fourth-order valence-corrected chi connectivity index (χ4v) is 1.92. The Labute approximate surface area is 79.5 Å². The molecule has 0 spiro atoms. The van der Waals surface area contributed by atoms with E-state index in [-0.39, 0.29) is 5.91 Å². The second-order valence-corrected chi connectivity index (χ2v) is 4.15. The molecule has 1 amide bonds. The Morgan fingerprint density at radius 2 is 1.77 bits per heavy atom. The molecule has 2 aliphatic rings. The molecule has 1 saturated carbocycles. The molecule has 2 rings (SSSR count). The molecule has 2 fully saturated rings. The Bertz CT molecular complexity index is 183. The molecule has 0 aromatic heterocycles. The highest BCUT2D eigenvalue weighted by Gasteiger charge is 2.26. The fraction of sp³-hybridized carbons (Fsp3) is 0.900. The first kappa shape index (κ1) is 9.00. The van der Waals surface area contributed by atoms with Crippen molar-refractivity contribution < 1.29 is 4.79 Å². The second-order valence-electron chi connectivity index (χ2n) is 4.15. The Morgan fingerprint density at radius 3 is 2.31 bits per heavy atom. The van der Waals surface area contributed by atoms with Crippen molar-refractivity contribution in [2.24, 2.45) is 5.92 Å². The Morgan fingerprint density at radius 1 is 1.08 bits per heavy atom. The number of rotatable bonds is 2. The molecule has 74 valence electrons. The molecular formula is C10H18N2O. The maximum absolute atomic E-state index is 11.5. The first-order valence-corrected chi connectivity index (χ1v) is 5.42. The van der Waals surface area contributed by atoms with Crippen molar-refractivity contribution >= 4 is 5.91 Å². The van der Waals surface area contributed by atoms with Crippen LogP contribution >= 0.6 is 0 Å². The second kappa shape index (κ2) is 4.09. The van der Waals surface area contributed by atoms with E-state index in [1.54, 1.807) is 0 Å². The molecule has 1 N–H and O–H groups in total. The van der Waals surface area contributed by atoms with Gasteiger partial charge in [-0.2, -0.15) is 0 Å². The fourth-order valence-electron chi connectivity index (χ4n) is 1.92. The number of hydrogen-bond donors (Lipinski definition) is 1. The number of nitrogens with one attached hydrogen (secondary N) is 1. The molecule has 0 unspecified atom stereocenters. The lowest BCUT2D eigenvalue weighted by atomic mass is 9.85. The van der Waals surface area contributed by atoms with Crippen LogP contribution in [0.2, 0.25) is 0 Å². The van der Waals surface area contributed by atoms with Crippen LogP contribution in [0.15, 0.2) is 0 Å². The van der Waals surface area contributed by atoms with Gasteiger partial charge in [-0.1, -0.05) is 12.8 Å². The van der Waals surface area contributed by atoms with Gasteiger partial charge in [-0.3, -0.25) is 10.2 Å². The monoisotopic (exact) mass is 182 g/mol. The zero-order valence-electron chi connectivity index (χ0n) is 8.09. The highest BCUT2D eigenvalue weighted by Crippen LogP contribution is 2.26. The van der Waals surface area contributed by atoms with E-state index >= 15 is 0 Å². The highest BCUT2D eigenvalue weighted by atomic mass is 16.2. The summed E-state index contributed by atoms with van der Waals surface area (Å²) in [5.74, 6) is 0.579. The van der Waals surface area contributed by atoms with Gasteiger partial charge in [0.15, 0.2) is 0 Å². The summed E-state index contributed by atoms with van der Waals surface area (Å²) in [6.45, 7) is 2.08. The molecule has 1 saturated heterocycles. The van der Waals surface area contributed by atoms with Gasteiger partial charge in [0.25, 0.3) is 0 Å². The van der Waals surface area contributed by atoms with Crippen LogP contribution in [0.5, 0.6) is 0 Å².